The van der Waals surface area contributed by atoms with Crippen LogP contribution in [-0.2, 0) is 18.6 Å². The molecule has 4 unspecified atom stereocenters. The molecule has 9 heteroatoms. The fourth-order valence-corrected chi connectivity index (χ4v) is 5.90. The lowest BCUT2D eigenvalue weighted by atomic mass is 9.86. The van der Waals surface area contributed by atoms with Gasteiger partial charge in [-0.3, -0.25) is 0 Å². The van der Waals surface area contributed by atoms with E-state index in [1.165, 1.54) is 0 Å². The first kappa shape index (κ1) is 24.2. The van der Waals surface area contributed by atoms with E-state index < -0.39 is 26.5 Å². The van der Waals surface area contributed by atoms with Crippen molar-refractivity contribution >= 4 is 43.1 Å². The van der Waals surface area contributed by atoms with Crippen molar-refractivity contribution in [3.63, 3.8) is 0 Å². The fraction of sp³-hybridized carbons (Fsp3) is 1.00. The van der Waals surface area contributed by atoms with Crippen LogP contribution in [0.4, 0.5) is 0 Å². The van der Waals surface area contributed by atoms with E-state index in [0.29, 0.717) is 5.88 Å². The normalized spacial score (nSPS) is 46.0. The Morgan fingerprint density at radius 3 is 2.19 bits per heavy atom. The Labute approximate surface area is 179 Å². The largest absolute Gasteiger partial charge is 0.412 e. The Balaban J connectivity index is 2.23. The highest BCUT2D eigenvalue weighted by Gasteiger charge is 2.57. The number of halogens is 3. The highest BCUT2D eigenvalue weighted by molar-refractivity contribution is 6.69. The van der Waals surface area contributed by atoms with Gasteiger partial charge in [0.2, 0.25) is 0 Å². The highest BCUT2D eigenvalue weighted by Crippen LogP contribution is 2.45. The quantitative estimate of drug-likeness (QED) is 0.456. The van der Waals surface area contributed by atoms with Crippen molar-refractivity contribution in [3.05, 3.63) is 0 Å². The second kappa shape index (κ2) is 9.35. The molecule has 9 atom stereocenters. The molecule has 0 amide bonds. The summed E-state index contributed by atoms with van der Waals surface area (Å²) in [4.78, 5) is 0. The van der Waals surface area contributed by atoms with Crippen molar-refractivity contribution in [3.8, 4) is 0 Å². The van der Waals surface area contributed by atoms with E-state index >= 15 is 0 Å². The summed E-state index contributed by atoms with van der Waals surface area (Å²) in [6.07, 6.45) is -1.59. The number of aliphatic hydroxyl groups excluding tert-OH is 1. The third-order valence-corrected chi connectivity index (χ3v) is 7.99. The molecule has 0 bridgehead atoms. The van der Waals surface area contributed by atoms with Crippen molar-refractivity contribution in [2.24, 2.45) is 17.8 Å². The molecule has 0 aromatic heterocycles. The molecule has 0 aromatic carbocycles. The number of aliphatic hydroxyl groups is 1. The summed E-state index contributed by atoms with van der Waals surface area (Å²) < 4.78 is 24.9. The van der Waals surface area contributed by atoms with Crippen LogP contribution in [0, 0.1) is 17.8 Å². The van der Waals surface area contributed by atoms with Crippen LogP contribution in [0.5, 0.6) is 0 Å². The molecule has 0 aliphatic carbocycles. The maximum Gasteiger partial charge on any atom is 0.190 e. The molecule has 2 rings (SSSR count). The number of ether oxygens (including phenoxy) is 3. The van der Waals surface area contributed by atoms with Gasteiger partial charge in [0.25, 0.3) is 0 Å². The van der Waals surface area contributed by atoms with Gasteiger partial charge in [0, 0.05) is 11.8 Å². The summed E-state index contributed by atoms with van der Waals surface area (Å²) in [6, 6.07) is 0. The predicted molar refractivity (Wildman–Crippen MR) is 111 cm³/mol. The molecule has 2 saturated heterocycles. The van der Waals surface area contributed by atoms with E-state index in [-0.39, 0.29) is 47.8 Å². The minimum atomic E-state index is -1.82. The van der Waals surface area contributed by atoms with Crippen LogP contribution in [0.2, 0.25) is 19.6 Å². The Kier molecular flexibility index (Phi) is 8.37. The van der Waals surface area contributed by atoms with Crippen LogP contribution in [0.15, 0.2) is 0 Å². The smallest absolute Gasteiger partial charge is 0.190 e. The van der Waals surface area contributed by atoms with E-state index in [9.17, 15) is 5.11 Å². The van der Waals surface area contributed by atoms with Crippen molar-refractivity contribution in [2.45, 2.75) is 76.2 Å². The minimum absolute atomic E-state index is 0.0117. The van der Waals surface area contributed by atoms with Gasteiger partial charge in [-0.25, -0.2) is 0 Å². The van der Waals surface area contributed by atoms with Crippen LogP contribution in [0.3, 0.4) is 0 Å². The Morgan fingerprint density at radius 2 is 1.70 bits per heavy atom. The molecule has 1 N–H and O–H groups in total. The van der Waals surface area contributed by atoms with Crippen LogP contribution in [0.25, 0.3) is 0 Å². The average Bonchev–Trinajstić information content (AvgIpc) is 2.86. The van der Waals surface area contributed by atoms with Crippen molar-refractivity contribution < 1.29 is 23.7 Å². The molecule has 0 saturated carbocycles. The summed E-state index contributed by atoms with van der Waals surface area (Å²) >= 11 is 18.9. The van der Waals surface area contributed by atoms with Gasteiger partial charge >= 0.3 is 0 Å². The molecule has 0 aromatic rings. The van der Waals surface area contributed by atoms with Gasteiger partial charge in [-0.2, -0.15) is 0 Å². The summed E-state index contributed by atoms with van der Waals surface area (Å²) in [5.41, 5.74) is 0. The average molecular weight is 464 g/mol. The molecule has 0 radical (unpaired) electrons. The van der Waals surface area contributed by atoms with Gasteiger partial charge in [0.05, 0.1) is 36.0 Å². The van der Waals surface area contributed by atoms with Crippen molar-refractivity contribution in [1.29, 1.82) is 0 Å². The highest BCUT2D eigenvalue weighted by atomic mass is 35.5. The Bertz CT molecular complexity index is 492. The molecule has 0 spiro atoms. The lowest BCUT2D eigenvalue weighted by Crippen LogP contribution is -2.54. The zero-order chi connectivity index (χ0) is 20.6. The predicted octanol–water partition coefficient (Wildman–Crippen LogP) is 4.03. The second-order valence-corrected chi connectivity index (χ2v) is 14.3. The second-order valence-electron chi connectivity index (χ2n) is 8.75. The molecule has 2 aliphatic heterocycles. The first-order chi connectivity index (χ1) is 12.5. The fourth-order valence-electron chi connectivity index (χ4n) is 3.75. The number of hydrogen-bond acceptors (Lipinski definition) is 5. The standard InChI is InChI=1S/C18H33Cl3O5Si/c1-10-11(2)17(23-14(8-22)15(10)21)25-18(9-20)12(3)16(13(7-19)24-18)26-27(4,5)6/h10-17,22H,7-9H2,1-6H3/t10-,11?,12?,13+,14?,15?,16+,17+,18+/m1/s1. The van der Waals surface area contributed by atoms with Gasteiger partial charge in [-0.1, -0.05) is 20.8 Å². The number of rotatable bonds is 7. The summed E-state index contributed by atoms with van der Waals surface area (Å²) in [5.74, 6) is -0.659. The SMILES string of the molecule is CC1[C@H](O[C@]2(CCl)O[C@@H](CCl)[C@@H](O[Si](C)(C)C)C2C)OC(CO)C(Cl)[C@@H]1C. The monoisotopic (exact) mass is 462 g/mol. The first-order valence-electron chi connectivity index (χ1n) is 9.55. The third-order valence-electron chi connectivity index (χ3n) is 5.65. The Hall–Kier alpha value is 0.887. The zero-order valence-electron chi connectivity index (χ0n) is 17.0. The van der Waals surface area contributed by atoms with Crippen LogP contribution in [0.1, 0.15) is 20.8 Å². The zero-order valence-corrected chi connectivity index (χ0v) is 20.2. The van der Waals surface area contributed by atoms with E-state index in [2.05, 4.69) is 19.6 Å². The molecule has 27 heavy (non-hydrogen) atoms. The van der Waals surface area contributed by atoms with E-state index in [0.717, 1.165) is 0 Å². The summed E-state index contributed by atoms with van der Waals surface area (Å²) in [7, 11) is -1.82. The molecular weight excluding hydrogens is 431 g/mol. The lowest BCUT2D eigenvalue weighted by molar-refractivity contribution is -0.338. The van der Waals surface area contributed by atoms with Gasteiger partial charge in [0.15, 0.2) is 20.4 Å². The van der Waals surface area contributed by atoms with E-state index in [1.54, 1.807) is 0 Å². The number of alkyl halides is 3. The molecule has 2 aliphatic rings. The minimum Gasteiger partial charge on any atom is -0.412 e. The maximum absolute atomic E-state index is 9.61. The molecule has 5 nitrogen and oxygen atoms in total. The topological polar surface area (TPSA) is 57.2 Å². The lowest BCUT2D eigenvalue weighted by Gasteiger charge is -2.45. The van der Waals surface area contributed by atoms with Gasteiger partial charge < -0.3 is 23.7 Å². The van der Waals surface area contributed by atoms with Crippen LogP contribution in [-0.4, -0.2) is 67.6 Å². The van der Waals surface area contributed by atoms with Crippen LogP contribution >= 0.6 is 34.8 Å². The maximum atomic E-state index is 9.61. The first-order valence-corrected chi connectivity index (χ1v) is 14.5. The Morgan fingerprint density at radius 1 is 1.07 bits per heavy atom. The number of hydrogen-bond donors (Lipinski definition) is 1. The van der Waals surface area contributed by atoms with Gasteiger partial charge in [-0.05, 0) is 25.6 Å². The molecule has 2 heterocycles. The van der Waals surface area contributed by atoms with E-state index in [1.807, 2.05) is 20.8 Å². The van der Waals surface area contributed by atoms with E-state index in [4.69, 9.17) is 53.4 Å². The van der Waals surface area contributed by atoms with Crippen LogP contribution < -0.4 is 0 Å². The summed E-state index contributed by atoms with van der Waals surface area (Å²) in [5, 5.41) is 9.33. The molecular formula is C18H33Cl3O5Si. The van der Waals surface area contributed by atoms with Crippen molar-refractivity contribution in [1.82, 2.24) is 0 Å². The summed E-state index contributed by atoms with van der Waals surface area (Å²) in [6.45, 7) is 12.3. The van der Waals surface area contributed by atoms with Gasteiger partial charge in [0.1, 0.15) is 6.10 Å². The van der Waals surface area contributed by atoms with Crippen molar-refractivity contribution in [2.75, 3.05) is 18.4 Å². The third kappa shape index (κ3) is 5.15. The molecule has 2 fully saturated rings. The molecule has 160 valence electrons. The van der Waals surface area contributed by atoms with Gasteiger partial charge in [-0.15, -0.1) is 34.8 Å².